The largest absolute Gasteiger partial charge is 0.432 e. The van der Waals surface area contributed by atoms with E-state index in [0.29, 0.717) is 11.7 Å². The van der Waals surface area contributed by atoms with Crippen molar-refractivity contribution in [1.29, 1.82) is 0 Å². The van der Waals surface area contributed by atoms with Crippen molar-refractivity contribution in [3.63, 3.8) is 0 Å². The standard InChI is InChI=1S/C8H7NO/c1-2-7-5-9-8(10-7)6-3-4-6/h1,5-6H,3-4H2. The third-order valence-electron chi connectivity index (χ3n) is 1.59. The molecule has 0 amide bonds. The fourth-order valence-corrected chi connectivity index (χ4v) is 0.873. The molecule has 0 aliphatic heterocycles. The van der Waals surface area contributed by atoms with Crippen molar-refractivity contribution < 1.29 is 4.42 Å². The zero-order valence-electron chi connectivity index (χ0n) is 5.50. The van der Waals surface area contributed by atoms with Crippen molar-refractivity contribution in [2.45, 2.75) is 18.8 Å². The van der Waals surface area contributed by atoms with Crippen LogP contribution in [0.1, 0.15) is 30.4 Å². The molecule has 1 aliphatic carbocycles. The molecular formula is C8H7NO. The Morgan fingerprint density at radius 2 is 2.50 bits per heavy atom. The predicted octanol–water partition coefficient (Wildman–Crippen LogP) is 1.53. The van der Waals surface area contributed by atoms with Gasteiger partial charge in [-0.15, -0.1) is 6.42 Å². The van der Waals surface area contributed by atoms with E-state index in [1.165, 1.54) is 12.8 Å². The number of hydrogen-bond donors (Lipinski definition) is 0. The molecule has 2 heteroatoms. The van der Waals surface area contributed by atoms with E-state index in [0.717, 1.165) is 5.89 Å². The SMILES string of the molecule is C#Cc1cnc(C2CC2)o1. The lowest BCUT2D eigenvalue weighted by Gasteiger charge is -1.82. The summed E-state index contributed by atoms with van der Waals surface area (Å²) in [6.07, 6.45) is 9.10. The Kier molecular flexibility index (Phi) is 1.04. The highest BCUT2D eigenvalue weighted by molar-refractivity contribution is 5.19. The van der Waals surface area contributed by atoms with Gasteiger partial charge < -0.3 is 4.42 Å². The fraction of sp³-hybridized carbons (Fsp3) is 0.375. The first kappa shape index (κ1) is 5.55. The molecule has 0 aromatic carbocycles. The van der Waals surface area contributed by atoms with Crippen LogP contribution in [-0.2, 0) is 0 Å². The van der Waals surface area contributed by atoms with Gasteiger partial charge in [0.05, 0.1) is 6.20 Å². The van der Waals surface area contributed by atoms with Gasteiger partial charge in [-0.25, -0.2) is 4.98 Å². The van der Waals surface area contributed by atoms with E-state index in [1.807, 2.05) is 0 Å². The number of hydrogen-bond acceptors (Lipinski definition) is 2. The molecule has 2 rings (SSSR count). The highest BCUT2D eigenvalue weighted by Gasteiger charge is 2.28. The zero-order valence-corrected chi connectivity index (χ0v) is 5.50. The summed E-state index contributed by atoms with van der Waals surface area (Å²) < 4.78 is 5.21. The van der Waals surface area contributed by atoms with Crippen molar-refractivity contribution in [2.24, 2.45) is 0 Å². The number of rotatable bonds is 1. The Morgan fingerprint density at radius 1 is 1.70 bits per heavy atom. The van der Waals surface area contributed by atoms with Crippen molar-refractivity contribution in [2.75, 3.05) is 0 Å². The summed E-state index contributed by atoms with van der Waals surface area (Å²) in [6, 6.07) is 0. The summed E-state index contributed by atoms with van der Waals surface area (Å²) in [5.41, 5.74) is 0. The van der Waals surface area contributed by atoms with Gasteiger partial charge in [0.25, 0.3) is 0 Å². The number of aromatic nitrogens is 1. The lowest BCUT2D eigenvalue weighted by atomic mass is 10.4. The summed E-state index contributed by atoms with van der Waals surface area (Å²) in [5, 5.41) is 0. The van der Waals surface area contributed by atoms with Crippen LogP contribution >= 0.6 is 0 Å². The molecule has 0 bridgehead atoms. The maximum Gasteiger partial charge on any atom is 0.198 e. The van der Waals surface area contributed by atoms with Gasteiger partial charge >= 0.3 is 0 Å². The van der Waals surface area contributed by atoms with Crippen LogP contribution in [0.15, 0.2) is 10.6 Å². The highest BCUT2D eigenvalue weighted by Crippen LogP contribution is 2.39. The van der Waals surface area contributed by atoms with E-state index in [2.05, 4.69) is 10.9 Å². The van der Waals surface area contributed by atoms with Gasteiger partial charge in [0.2, 0.25) is 0 Å². The average Bonchev–Trinajstić information content (AvgIpc) is 2.70. The second kappa shape index (κ2) is 1.88. The van der Waals surface area contributed by atoms with Gasteiger partial charge in [0, 0.05) is 5.92 Å². The Balaban J connectivity index is 2.29. The van der Waals surface area contributed by atoms with Crippen LogP contribution in [-0.4, -0.2) is 4.98 Å². The number of oxazole rings is 1. The Morgan fingerprint density at radius 3 is 3.00 bits per heavy atom. The molecule has 1 aromatic heterocycles. The monoisotopic (exact) mass is 133 g/mol. The molecule has 1 saturated carbocycles. The Hall–Kier alpha value is -1.23. The minimum atomic E-state index is 0.543. The molecular weight excluding hydrogens is 126 g/mol. The molecule has 1 aromatic rings. The second-order valence-electron chi connectivity index (χ2n) is 2.48. The third kappa shape index (κ3) is 0.801. The first-order valence-electron chi connectivity index (χ1n) is 3.32. The number of nitrogens with zero attached hydrogens (tertiary/aromatic N) is 1. The molecule has 0 radical (unpaired) electrons. The number of terminal acetylenes is 1. The summed E-state index contributed by atoms with van der Waals surface area (Å²) in [5.74, 6) is 4.31. The molecule has 0 atom stereocenters. The molecule has 2 nitrogen and oxygen atoms in total. The predicted molar refractivity (Wildman–Crippen MR) is 36.4 cm³/mol. The molecule has 0 N–H and O–H groups in total. The molecule has 0 spiro atoms. The maximum absolute atomic E-state index is 5.21. The first-order valence-corrected chi connectivity index (χ1v) is 3.32. The lowest BCUT2D eigenvalue weighted by molar-refractivity contribution is 0.488. The molecule has 1 aliphatic rings. The van der Waals surface area contributed by atoms with Gasteiger partial charge in [0.15, 0.2) is 11.7 Å². The second-order valence-corrected chi connectivity index (χ2v) is 2.48. The summed E-state index contributed by atoms with van der Waals surface area (Å²) in [4.78, 5) is 4.04. The van der Waals surface area contributed by atoms with Crippen LogP contribution in [0.5, 0.6) is 0 Å². The quantitative estimate of drug-likeness (QED) is 0.543. The van der Waals surface area contributed by atoms with Gasteiger partial charge in [-0.1, -0.05) is 0 Å². The van der Waals surface area contributed by atoms with Gasteiger partial charge in [0.1, 0.15) is 0 Å². The van der Waals surface area contributed by atoms with Crippen molar-refractivity contribution in [3.8, 4) is 12.3 Å². The van der Waals surface area contributed by atoms with E-state index < -0.39 is 0 Å². The van der Waals surface area contributed by atoms with Crippen LogP contribution in [0.25, 0.3) is 0 Å². The van der Waals surface area contributed by atoms with E-state index in [1.54, 1.807) is 6.20 Å². The molecule has 0 saturated heterocycles. The minimum Gasteiger partial charge on any atom is -0.432 e. The average molecular weight is 133 g/mol. The van der Waals surface area contributed by atoms with Crippen LogP contribution < -0.4 is 0 Å². The van der Waals surface area contributed by atoms with Crippen molar-refractivity contribution in [3.05, 3.63) is 17.8 Å². The van der Waals surface area contributed by atoms with Gasteiger partial charge in [-0.2, -0.15) is 0 Å². The van der Waals surface area contributed by atoms with Crippen molar-refractivity contribution >= 4 is 0 Å². The van der Waals surface area contributed by atoms with E-state index in [-0.39, 0.29) is 0 Å². The van der Waals surface area contributed by atoms with Crippen molar-refractivity contribution in [1.82, 2.24) is 4.98 Å². The van der Waals surface area contributed by atoms with Crippen LogP contribution in [0, 0.1) is 12.3 Å². The smallest absolute Gasteiger partial charge is 0.198 e. The Labute approximate surface area is 59.3 Å². The van der Waals surface area contributed by atoms with Gasteiger partial charge in [-0.05, 0) is 18.8 Å². The minimum absolute atomic E-state index is 0.543. The van der Waals surface area contributed by atoms with E-state index >= 15 is 0 Å². The first-order chi connectivity index (χ1) is 4.90. The van der Waals surface area contributed by atoms with E-state index in [4.69, 9.17) is 10.8 Å². The highest BCUT2D eigenvalue weighted by atomic mass is 16.4. The lowest BCUT2D eigenvalue weighted by Crippen LogP contribution is -1.73. The Bertz CT molecular complexity index is 278. The van der Waals surface area contributed by atoms with Crippen LogP contribution in [0.2, 0.25) is 0 Å². The van der Waals surface area contributed by atoms with E-state index in [9.17, 15) is 0 Å². The van der Waals surface area contributed by atoms with Crippen LogP contribution in [0.3, 0.4) is 0 Å². The molecule has 1 heterocycles. The fourth-order valence-electron chi connectivity index (χ4n) is 0.873. The van der Waals surface area contributed by atoms with Gasteiger partial charge in [-0.3, -0.25) is 0 Å². The summed E-state index contributed by atoms with van der Waals surface area (Å²) in [6.45, 7) is 0. The molecule has 10 heavy (non-hydrogen) atoms. The normalized spacial score (nSPS) is 16.7. The zero-order chi connectivity index (χ0) is 6.97. The maximum atomic E-state index is 5.21. The molecule has 1 fully saturated rings. The topological polar surface area (TPSA) is 26.0 Å². The molecule has 0 unspecified atom stereocenters. The summed E-state index contributed by atoms with van der Waals surface area (Å²) in [7, 11) is 0. The molecule has 50 valence electrons. The van der Waals surface area contributed by atoms with Crippen LogP contribution in [0.4, 0.5) is 0 Å². The summed E-state index contributed by atoms with van der Waals surface area (Å²) >= 11 is 0. The third-order valence-corrected chi connectivity index (χ3v) is 1.59.